The number of rotatable bonds is 4. The molecule has 3 aliphatic heterocycles. The van der Waals surface area contributed by atoms with E-state index in [-0.39, 0.29) is 17.4 Å². The summed E-state index contributed by atoms with van der Waals surface area (Å²) < 4.78 is 10.7. The van der Waals surface area contributed by atoms with Crippen LogP contribution in [0, 0.1) is 11.3 Å². The fraction of sp³-hybridized carbons (Fsp3) is 0.667. The number of hydrogen-bond acceptors (Lipinski definition) is 5. The second kappa shape index (κ2) is 8.34. The van der Waals surface area contributed by atoms with E-state index >= 15 is 0 Å². The number of carbonyl (C=O) groups is 2. The van der Waals surface area contributed by atoms with Gasteiger partial charge in [0.15, 0.2) is 0 Å². The summed E-state index contributed by atoms with van der Waals surface area (Å²) in [6, 6.07) is 6.60. The Hall–Kier alpha value is -2.28. The third-order valence-electron chi connectivity index (χ3n) is 7.62. The highest BCUT2D eigenvalue weighted by Crippen LogP contribution is 2.60. The smallest absolute Gasteiger partial charge is 0.409 e. The highest BCUT2D eigenvalue weighted by Gasteiger charge is 2.59. The van der Waals surface area contributed by atoms with Crippen LogP contribution in [-0.4, -0.2) is 79.2 Å². The van der Waals surface area contributed by atoms with Crippen LogP contribution in [0.25, 0.3) is 0 Å². The van der Waals surface area contributed by atoms with E-state index in [9.17, 15) is 9.59 Å². The molecule has 7 heteroatoms. The van der Waals surface area contributed by atoms with E-state index in [0.717, 1.165) is 57.7 Å². The van der Waals surface area contributed by atoms with Gasteiger partial charge in [-0.05, 0) is 61.9 Å². The molecule has 4 aliphatic rings. The van der Waals surface area contributed by atoms with Crippen molar-refractivity contribution in [3.05, 3.63) is 29.3 Å². The van der Waals surface area contributed by atoms with Crippen molar-refractivity contribution in [3.63, 3.8) is 0 Å². The molecule has 1 aromatic rings. The summed E-state index contributed by atoms with van der Waals surface area (Å²) in [6.07, 6.45) is 4.01. The van der Waals surface area contributed by atoms with E-state index in [4.69, 9.17) is 9.47 Å². The molecule has 5 rings (SSSR count). The third kappa shape index (κ3) is 4.12. The van der Waals surface area contributed by atoms with Crippen LogP contribution >= 0.6 is 0 Å². The molecular formula is C24H33N3O4. The summed E-state index contributed by atoms with van der Waals surface area (Å²) in [4.78, 5) is 31.2. The molecule has 168 valence electrons. The number of ether oxygens (including phenoxy) is 2. The molecule has 1 aromatic carbocycles. The fourth-order valence-corrected chi connectivity index (χ4v) is 5.55. The topological polar surface area (TPSA) is 62.3 Å². The minimum atomic E-state index is -0.263. The average Bonchev–Trinajstić information content (AvgIpc) is 3.28. The van der Waals surface area contributed by atoms with Crippen molar-refractivity contribution < 1.29 is 19.1 Å². The molecule has 2 amide bonds. The van der Waals surface area contributed by atoms with Gasteiger partial charge in [0.25, 0.3) is 0 Å². The maximum Gasteiger partial charge on any atom is 0.409 e. The lowest BCUT2D eigenvalue weighted by atomic mass is 9.90. The predicted octanol–water partition coefficient (Wildman–Crippen LogP) is 2.52. The molecule has 0 N–H and O–H groups in total. The Labute approximate surface area is 184 Å². The van der Waals surface area contributed by atoms with Crippen molar-refractivity contribution in [2.45, 2.75) is 39.2 Å². The normalized spacial score (nSPS) is 24.6. The summed E-state index contributed by atoms with van der Waals surface area (Å²) in [5.74, 6) is 1.53. The average molecular weight is 428 g/mol. The quantitative estimate of drug-likeness (QED) is 0.739. The first-order chi connectivity index (χ1) is 15.1. The number of fused-ring (bicyclic) bond motifs is 1. The lowest BCUT2D eigenvalue weighted by Crippen LogP contribution is -2.51. The van der Waals surface area contributed by atoms with E-state index in [0.29, 0.717) is 38.7 Å². The highest BCUT2D eigenvalue weighted by molar-refractivity contribution is 5.83. The largest absolute Gasteiger partial charge is 0.493 e. The van der Waals surface area contributed by atoms with Gasteiger partial charge in [0.05, 0.1) is 13.2 Å². The molecule has 0 bridgehead atoms. The molecule has 0 aromatic heterocycles. The Bertz CT molecular complexity index is 841. The van der Waals surface area contributed by atoms with Gasteiger partial charge in [-0.15, -0.1) is 0 Å². The van der Waals surface area contributed by atoms with Crippen molar-refractivity contribution in [2.24, 2.45) is 11.3 Å². The highest BCUT2D eigenvalue weighted by atomic mass is 16.6. The van der Waals surface area contributed by atoms with Crippen molar-refractivity contribution in [3.8, 4) is 5.75 Å². The molecule has 1 atom stereocenters. The zero-order valence-electron chi connectivity index (χ0n) is 18.5. The van der Waals surface area contributed by atoms with Crippen LogP contribution in [0.15, 0.2) is 18.2 Å². The maximum absolute atomic E-state index is 13.1. The van der Waals surface area contributed by atoms with Gasteiger partial charge >= 0.3 is 6.09 Å². The number of piperazine rings is 1. The SMILES string of the molecule is CCOC(=O)N1CCN(C(=O)[C@@H]2CC23CCN(Cc2ccc4c(c2)CCO4)CC3)CC1. The van der Waals surface area contributed by atoms with E-state index in [1.165, 1.54) is 11.1 Å². The van der Waals surface area contributed by atoms with Gasteiger partial charge in [-0.3, -0.25) is 9.69 Å². The van der Waals surface area contributed by atoms with Gasteiger partial charge in [0.1, 0.15) is 5.75 Å². The van der Waals surface area contributed by atoms with Gasteiger partial charge < -0.3 is 19.3 Å². The van der Waals surface area contributed by atoms with Crippen molar-refractivity contribution in [1.82, 2.24) is 14.7 Å². The third-order valence-corrected chi connectivity index (χ3v) is 7.62. The van der Waals surface area contributed by atoms with Crippen LogP contribution in [-0.2, 0) is 22.5 Å². The second-order valence-electron chi connectivity index (χ2n) is 9.45. The van der Waals surface area contributed by atoms with Gasteiger partial charge in [-0.2, -0.15) is 0 Å². The number of amides is 2. The molecular weight excluding hydrogens is 394 g/mol. The molecule has 0 radical (unpaired) electrons. The Morgan fingerprint density at radius 1 is 1.10 bits per heavy atom. The predicted molar refractivity (Wildman–Crippen MR) is 116 cm³/mol. The van der Waals surface area contributed by atoms with Gasteiger partial charge in [-0.1, -0.05) is 12.1 Å². The van der Waals surface area contributed by atoms with Crippen molar-refractivity contribution >= 4 is 12.0 Å². The van der Waals surface area contributed by atoms with E-state index in [2.05, 4.69) is 23.1 Å². The molecule has 0 unspecified atom stereocenters. The van der Waals surface area contributed by atoms with Crippen molar-refractivity contribution in [1.29, 1.82) is 0 Å². The minimum absolute atomic E-state index is 0.181. The standard InChI is InChI=1S/C24H33N3O4/c1-2-30-23(29)27-12-10-26(11-13-27)22(28)20-16-24(20)6-8-25(9-7-24)17-18-3-4-21-19(15-18)5-14-31-21/h3-4,15,20H,2,5-14,16-17H2,1H3/t20-/m0/s1. The molecule has 2 saturated heterocycles. The zero-order valence-corrected chi connectivity index (χ0v) is 18.5. The lowest BCUT2D eigenvalue weighted by molar-refractivity contribution is -0.135. The molecule has 1 spiro atoms. The van der Waals surface area contributed by atoms with Crippen LogP contribution < -0.4 is 4.74 Å². The molecule has 31 heavy (non-hydrogen) atoms. The Balaban J connectivity index is 1.09. The van der Waals surface area contributed by atoms with Gasteiger partial charge in [-0.25, -0.2) is 4.79 Å². The number of likely N-dealkylation sites (tertiary alicyclic amines) is 1. The number of benzene rings is 1. The summed E-state index contributed by atoms with van der Waals surface area (Å²) in [6.45, 7) is 8.51. The Morgan fingerprint density at radius 3 is 2.58 bits per heavy atom. The van der Waals surface area contributed by atoms with Gasteiger partial charge in [0.2, 0.25) is 5.91 Å². The Morgan fingerprint density at radius 2 is 1.84 bits per heavy atom. The van der Waals surface area contributed by atoms with E-state index in [1.54, 1.807) is 4.90 Å². The Kier molecular flexibility index (Phi) is 5.54. The second-order valence-corrected chi connectivity index (χ2v) is 9.45. The number of nitrogens with zero attached hydrogens (tertiary/aromatic N) is 3. The number of carbonyl (C=O) groups excluding carboxylic acids is 2. The molecule has 1 aliphatic carbocycles. The molecule has 3 fully saturated rings. The maximum atomic E-state index is 13.1. The monoisotopic (exact) mass is 427 g/mol. The minimum Gasteiger partial charge on any atom is -0.493 e. The van der Waals surface area contributed by atoms with E-state index < -0.39 is 0 Å². The summed E-state index contributed by atoms with van der Waals surface area (Å²) in [5, 5.41) is 0. The van der Waals surface area contributed by atoms with E-state index in [1.807, 2.05) is 11.8 Å². The molecule has 1 saturated carbocycles. The first kappa shape index (κ1) is 20.6. The number of piperidine rings is 1. The molecule has 3 heterocycles. The fourth-order valence-electron chi connectivity index (χ4n) is 5.55. The summed E-state index contributed by atoms with van der Waals surface area (Å²) >= 11 is 0. The lowest BCUT2D eigenvalue weighted by Gasteiger charge is -2.36. The van der Waals surface area contributed by atoms with Crippen molar-refractivity contribution in [2.75, 3.05) is 52.5 Å². The summed E-state index contributed by atoms with van der Waals surface area (Å²) in [5.41, 5.74) is 2.92. The van der Waals surface area contributed by atoms with Crippen LogP contribution in [0.5, 0.6) is 5.75 Å². The van der Waals surface area contributed by atoms with Gasteiger partial charge in [0, 0.05) is 45.1 Å². The van der Waals surface area contributed by atoms with Crippen LogP contribution in [0.3, 0.4) is 0 Å². The number of hydrogen-bond donors (Lipinski definition) is 0. The first-order valence-electron chi connectivity index (χ1n) is 11.8. The summed E-state index contributed by atoms with van der Waals surface area (Å²) in [7, 11) is 0. The van der Waals surface area contributed by atoms with Crippen LogP contribution in [0.2, 0.25) is 0 Å². The molecule has 7 nitrogen and oxygen atoms in total. The van der Waals surface area contributed by atoms with Crippen LogP contribution in [0.1, 0.15) is 37.3 Å². The van der Waals surface area contributed by atoms with Crippen LogP contribution in [0.4, 0.5) is 4.79 Å². The zero-order chi connectivity index (χ0) is 21.4. The first-order valence-corrected chi connectivity index (χ1v) is 11.8.